The first kappa shape index (κ1) is 26.4. The van der Waals surface area contributed by atoms with Crippen molar-refractivity contribution >= 4 is 15.9 Å². The Bertz CT molecular complexity index is 1030. The monoisotopic (exact) mass is 473 g/mol. The lowest BCUT2D eigenvalue weighted by atomic mass is 10.2. The van der Waals surface area contributed by atoms with Crippen LogP contribution in [0, 0.1) is 11.8 Å². The van der Waals surface area contributed by atoms with Gasteiger partial charge in [-0.15, -0.1) is 5.92 Å². The molecule has 0 aliphatic carbocycles. The molecule has 9 heteroatoms. The number of hydroxylamine groups is 1. The van der Waals surface area contributed by atoms with Crippen LogP contribution in [0.5, 0.6) is 5.75 Å². The standard InChI is InChI=1S/C24H31N3O5S/c1-3-4-17-32-22-12-14-23(15-13-22)33(30,31)27(29)20(2)9-8-16-26-24(28)19-25-18-21-10-6-5-7-11-21/h5-7,10-15,20,25,29H,8-9,16-19H2,1-2H3,(H,26,28)/t20-/m1/s1. The molecule has 0 saturated carbocycles. The molecule has 0 spiro atoms. The molecule has 0 heterocycles. The largest absolute Gasteiger partial charge is 0.481 e. The molecule has 178 valence electrons. The van der Waals surface area contributed by atoms with Crippen LogP contribution in [-0.2, 0) is 21.4 Å². The van der Waals surface area contributed by atoms with Crippen molar-refractivity contribution < 1.29 is 23.2 Å². The molecule has 0 aliphatic rings. The third-order valence-electron chi connectivity index (χ3n) is 4.81. The molecule has 2 aromatic rings. The van der Waals surface area contributed by atoms with Gasteiger partial charge in [0.05, 0.1) is 11.4 Å². The lowest BCUT2D eigenvalue weighted by molar-refractivity contribution is -0.120. The van der Waals surface area contributed by atoms with Crippen molar-refractivity contribution in [1.29, 1.82) is 0 Å². The molecule has 1 amide bonds. The second-order valence-electron chi connectivity index (χ2n) is 7.39. The van der Waals surface area contributed by atoms with Crippen molar-refractivity contribution in [2.24, 2.45) is 0 Å². The van der Waals surface area contributed by atoms with Gasteiger partial charge in [0.25, 0.3) is 10.0 Å². The summed E-state index contributed by atoms with van der Waals surface area (Å²) in [6.07, 6.45) is 0.897. The molecule has 0 aromatic heterocycles. The van der Waals surface area contributed by atoms with E-state index in [1.807, 2.05) is 30.3 Å². The number of nitrogens with zero attached hydrogens (tertiary/aromatic N) is 1. The zero-order valence-corrected chi connectivity index (χ0v) is 19.8. The normalized spacial score (nSPS) is 12.0. The predicted octanol–water partition coefficient (Wildman–Crippen LogP) is 2.54. The van der Waals surface area contributed by atoms with E-state index in [9.17, 15) is 18.4 Å². The van der Waals surface area contributed by atoms with Crippen molar-refractivity contribution in [2.45, 2.75) is 44.2 Å². The van der Waals surface area contributed by atoms with Gasteiger partial charge in [0, 0.05) is 19.1 Å². The van der Waals surface area contributed by atoms with E-state index in [0.717, 1.165) is 5.56 Å². The Morgan fingerprint density at radius 2 is 1.85 bits per heavy atom. The minimum absolute atomic E-state index is 0.0384. The Kier molecular flexibility index (Phi) is 10.9. The Morgan fingerprint density at radius 1 is 1.15 bits per heavy atom. The zero-order valence-electron chi connectivity index (χ0n) is 19.0. The van der Waals surface area contributed by atoms with Crippen LogP contribution in [0.1, 0.15) is 32.3 Å². The molecule has 3 N–H and O–H groups in total. The van der Waals surface area contributed by atoms with Gasteiger partial charge >= 0.3 is 0 Å². The topological polar surface area (TPSA) is 108 Å². The number of rotatable bonds is 13. The third-order valence-corrected chi connectivity index (χ3v) is 6.53. The molecule has 1 atom stereocenters. The maximum atomic E-state index is 12.7. The van der Waals surface area contributed by atoms with Crippen LogP contribution in [0.15, 0.2) is 59.5 Å². The minimum Gasteiger partial charge on any atom is -0.481 e. The average molecular weight is 474 g/mol. The van der Waals surface area contributed by atoms with Crippen molar-refractivity contribution in [3.63, 3.8) is 0 Å². The molecule has 0 saturated heterocycles. The summed E-state index contributed by atoms with van der Waals surface area (Å²) in [6, 6.07) is 14.9. The summed E-state index contributed by atoms with van der Waals surface area (Å²) in [5, 5.41) is 16.1. The van der Waals surface area contributed by atoms with Crippen LogP contribution < -0.4 is 15.4 Å². The summed E-state index contributed by atoms with van der Waals surface area (Å²) in [5.74, 6) is 5.81. The molecule has 0 unspecified atom stereocenters. The van der Waals surface area contributed by atoms with Crippen LogP contribution in [0.4, 0.5) is 0 Å². The van der Waals surface area contributed by atoms with Crippen LogP contribution in [0.2, 0.25) is 0 Å². The van der Waals surface area contributed by atoms with E-state index < -0.39 is 16.1 Å². The second-order valence-corrected chi connectivity index (χ2v) is 9.19. The number of benzene rings is 2. The van der Waals surface area contributed by atoms with Crippen LogP contribution in [0.25, 0.3) is 0 Å². The molecule has 0 fully saturated rings. The first-order valence-corrected chi connectivity index (χ1v) is 12.2. The fourth-order valence-electron chi connectivity index (χ4n) is 2.96. The van der Waals surface area contributed by atoms with Gasteiger partial charge in [0.1, 0.15) is 12.4 Å². The van der Waals surface area contributed by atoms with E-state index >= 15 is 0 Å². The van der Waals surface area contributed by atoms with Gasteiger partial charge in [-0.05, 0) is 56.5 Å². The van der Waals surface area contributed by atoms with Crippen LogP contribution in [0.3, 0.4) is 0 Å². The number of amides is 1. The zero-order chi connectivity index (χ0) is 24.1. The van der Waals surface area contributed by atoms with Gasteiger partial charge in [-0.3, -0.25) is 10.0 Å². The lowest BCUT2D eigenvalue weighted by Gasteiger charge is -2.22. The number of nitrogens with one attached hydrogen (secondary N) is 2. The quantitative estimate of drug-likeness (QED) is 0.234. The third kappa shape index (κ3) is 8.86. The summed E-state index contributed by atoms with van der Waals surface area (Å²) >= 11 is 0. The van der Waals surface area contributed by atoms with E-state index in [2.05, 4.69) is 22.5 Å². The number of sulfonamides is 1. The first-order valence-electron chi connectivity index (χ1n) is 10.7. The second kappa shape index (κ2) is 13.6. The fraction of sp³-hybridized carbons (Fsp3) is 0.375. The van der Waals surface area contributed by atoms with Crippen LogP contribution >= 0.6 is 0 Å². The van der Waals surface area contributed by atoms with Gasteiger partial charge < -0.3 is 15.4 Å². The molecule has 2 rings (SSSR count). The maximum absolute atomic E-state index is 12.7. The molecule has 33 heavy (non-hydrogen) atoms. The summed E-state index contributed by atoms with van der Waals surface area (Å²) in [5.41, 5.74) is 1.09. The predicted molar refractivity (Wildman–Crippen MR) is 126 cm³/mol. The smallest absolute Gasteiger partial charge is 0.265 e. The SMILES string of the molecule is CC#CCOc1ccc(S(=O)(=O)N(O)[C@H](C)CCCNC(=O)CNCc2ccccc2)cc1. The molecule has 2 aromatic carbocycles. The number of hydrogen-bond acceptors (Lipinski definition) is 6. The summed E-state index contributed by atoms with van der Waals surface area (Å²) in [6.45, 7) is 4.70. The Balaban J connectivity index is 1.72. The molecular formula is C24H31N3O5S. The fourth-order valence-corrected chi connectivity index (χ4v) is 4.23. The Labute approximate surface area is 196 Å². The van der Waals surface area contributed by atoms with Crippen molar-refractivity contribution in [3.8, 4) is 17.6 Å². The van der Waals surface area contributed by atoms with Gasteiger partial charge in [-0.1, -0.05) is 40.7 Å². The number of ether oxygens (including phenoxy) is 1. The molecular weight excluding hydrogens is 442 g/mol. The van der Waals surface area contributed by atoms with Crippen molar-refractivity contribution in [3.05, 3.63) is 60.2 Å². The highest BCUT2D eigenvalue weighted by atomic mass is 32.2. The Morgan fingerprint density at radius 3 is 2.52 bits per heavy atom. The summed E-state index contributed by atoms with van der Waals surface area (Å²) in [7, 11) is -4.06. The molecule has 0 bridgehead atoms. The number of carbonyl (C=O) groups excluding carboxylic acids is 1. The lowest BCUT2D eigenvalue weighted by Crippen LogP contribution is -2.37. The van der Waals surface area contributed by atoms with Crippen molar-refractivity contribution in [2.75, 3.05) is 19.7 Å². The maximum Gasteiger partial charge on any atom is 0.265 e. The average Bonchev–Trinajstić information content (AvgIpc) is 2.82. The molecule has 8 nitrogen and oxygen atoms in total. The highest BCUT2D eigenvalue weighted by molar-refractivity contribution is 7.89. The summed E-state index contributed by atoms with van der Waals surface area (Å²) < 4.78 is 31.1. The molecule has 0 aliphatic heterocycles. The van der Waals surface area contributed by atoms with E-state index in [-0.39, 0.29) is 24.0 Å². The Hall–Kier alpha value is -2.90. The van der Waals surface area contributed by atoms with E-state index in [0.29, 0.717) is 36.1 Å². The van der Waals surface area contributed by atoms with Crippen molar-refractivity contribution in [1.82, 2.24) is 15.1 Å². The highest BCUT2D eigenvalue weighted by Gasteiger charge is 2.27. The van der Waals surface area contributed by atoms with E-state index in [4.69, 9.17) is 4.74 Å². The van der Waals surface area contributed by atoms with Gasteiger partial charge in [-0.2, -0.15) is 0 Å². The first-order chi connectivity index (χ1) is 15.8. The highest BCUT2D eigenvalue weighted by Crippen LogP contribution is 2.21. The number of hydrogen-bond donors (Lipinski definition) is 3. The van der Waals surface area contributed by atoms with Crippen LogP contribution in [-0.4, -0.2) is 49.7 Å². The van der Waals surface area contributed by atoms with E-state index in [1.54, 1.807) is 13.8 Å². The summed E-state index contributed by atoms with van der Waals surface area (Å²) in [4.78, 5) is 11.9. The van der Waals surface area contributed by atoms with Gasteiger partial charge in [-0.25, -0.2) is 8.42 Å². The van der Waals surface area contributed by atoms with Gasteiger partial charge in [0.15, 0.2) is 0 Å². The molecule has 0 radical (unpaired) electrons. The minimum atomic E-state index is -4.06. The van der Waals surface area contributed by atoms with E-state index in [1.165, 1.54) is 24.3 Å². The van der Waals surface area contributed by atoms with Gasteiger partial charge in [0.2, 0.25) is 5.91 Å². The number of carbonyl (C=O) groups is 1.